The average molecular weight is 335 g/mol. The van der Waals surface area contributed by atoms with Crippen LogP contribution in [0.3, 0.4) is 0 Å². The first-order chi connectivity index (χ1) is 7.29. The van der Waals surface area contributed by atoms with Gasteiger partial charge in [-0.1, -0.05) is 53.9 Å². The van der Waals surface area contributed by atoms with Gasteiger partial charge in [-0.15, -0.1) is 0 Å². The summed E-state index contributed by atoms with van der Waals surface area (Å²) in [6.45, 7) is 16.9. The van der Waals surface area contributed by atoms with Gasteiger partial charge in [0.25, 0.3) is 0 Å². The first-order valence-electron chi connectivity index (χ1n) is 5.28. The van der Waals surface area contributed by atoms with Crippen molar-refractivity contribution in [2.75, 3.05) is 0 Å². The molecule has 0 heterocycles. The molecule has 0 atom stereocenters. The van der Waals surface area contributed by atoms with E-state index in [1.807, 2.05) is 34.6 Å². The lowest BCUT2D eigenvalue weighted by Crippen LogP contribution is -2.34. The number of carbonyl (C=O) groups excluding carboxylic acids is 1. The number of halogens is 1. The van der Waals surface area contributed by atoms with Crippen LogP contribution < -0.4 is 5.32 Å². The highest BCUT2D eigenvalue weighted by Crippen LogP contribution is 2.17. The van der Waals surface area contributed by atoms with E-state index in [-0.39, 0.29) is 5.91 Å². The van der Waals surface area contributed by atoms with Gasteiger partial charge in [-0.05, 0) is 28.7 Å². The molecule has 0 rings (SSSR count). The SMILES string of the molecule is C=C/C=C(/NC(=O)C(C)(C)C)C(=C)I.CC. The molecular formula is C13H22INO. The summed E-state index contributed by atoms with van der Waals surface area (Å²) in [5.74, 6) is -0.0246. The zero-order valence-electron chi connectivity index (χ0n) is 10.9. The van der Waals surface area contributed by atoms with Crippen molar-refractivity contribution < 1.29 is 4.79 Å². The summed E-state index contributed by atoms with van der Waals surface area (Å²) in [6.07, 6.45) is 3.36. The molecule has 0 aliphatic rings. The molecule has 0 aromatic rings. The fraction of sp³-hybridized carbons (Fsp3) is 0.462. The molecule has 0 fully saturated rings. The number of amides is 1. The van der Waals surface area contributed by atoms with Crippen LogP contribution in [0.2, 0.25) is 0 Å². The summed E-state index contributed by atoms with van der Waals surface area (Å²) in [5.41, 5.74) is 0.312. The molecule has 0 radical (unpaired) electrons. The molecule has 0 aromatic carbocycles. The van der Waals surface area contributed by atoms with Gasteiger partial charge in [-0.2, -0.15) is 0 Å². The van der Waals surface area contributed by atoms with Gasteiger partial charge < -0.3 is 5.32 Å². The second-order valence-corrected chi connectivity index (χ2v) is 5.23. The summed E-state index contributed by atoms with van der Waals surface area (Å²) in [5, 5.41) is 2.80. The Hall–Kier alpha value is -0.580. The smallest absolute Gasteiger partial charge is 0.229 e. The van der Waals surface area contributed by atoms with Crippen LogP contribution in [0, 0.1) is 5.41 Å². The summed E-state index contributed by atoms with van der Waals surface area (Å²) < 4.78 is 0.792. The number of nitrogens with one attached hydrogen (secondary N) is 1. The lowest BCUT2D eigenvalue weighted by atomic mass is 9.95. The number of hydrogen-bond donors (Lipinski definition) is 1. The zero-order chi connectivity index (χ0) is 13.4. The Morgan fingerprint density at radius 3 is 2.00 bits per heavy atom. The van der Waals surface area contributed by atoms with Gasteiger partial charge in [0.2, 0.25) is 5.91 Å². The molecule has 1 amide bonds. The number of allylic oxidation sites excluding steroid dienone is 3. The van der Waals surface area contributed by atoms with E-state index in [9.17, 15) is 4.79 Å². The van der Waals surface area contributed by atoms with Crippen LogP contribution in [0.5, 0.6) is 0 Å². The molecule has 0 aliphatic carbocycles. The Morgan fingerprint density at radius 2 is 1.75 bits per heavy atom. The molecule has 0 saturated carbocycles. The quantitative estimate of drug-likeness (QED) is 0.608. The van der Waals surface area contributed by atoms with Gasteiger partial charge in [-0.3, -0.25) is 4.79 Å². The van der Waals surface area contributed by atoms with Crippen molar-refractivity contribution >= 4 is 28.5 Å². The van der Waals surface area contributed by atoms with E-state index in [2.05, 4.69) is 41.1 Å². The summed E-state index contributed by atoms with van der Waals surface area (Å²) in [6, 6.07) is 0. The minimum atomic E-state index is -0.396. The lowest BCUT2D eigenvalue weighted by Gasteiger charge is -2.18. The van der Waals surface area contributed by atoms with Crippen molar-refractivity contribution in [3.05, 3.63) is 34.6 Å². The molecule has 16 heavy (non-hydrogen) atoms. The Morgan fingerprint density at radius 1 is 1.31 bits per heavy atom. The van der Waals surface area contributed by atoms with E-state index in [0.717, 1.165) is 3.58 Å². The highest BCUT2D eigenvalue weighted by atomic mass is 127. The van der Waals surface area contributed by atoms with Gasteiger partial charge in [0.1, 0.15) is 0 Å². The average Bonchev–Trinajstić information content (AvgIpc) is 2.18. The van der Waals surface area contributed by atoms with Crippen LogP contribution in [-0.2, 0) is 4.79 Å². The van der Waals surface area contributed by atoms with E-state index < -0.39 is 5.41 Å². The largest absolute Gasteiger partial charge is 0.325 e. The molecule has 0 bridgehead atoms. The molecule has 0 aromatic heterocycles. The van der Waals surface area contributed by atoms with Crippen molar-refractivity contribution in [2.45, 2.75) is 34.6 Å². The van der Waals surface area contributed by atoms with Crippen LogP contribution in [0.1, 0.15) is 34.6 Å². The van der Waals surface area contributed by atoms with Crippen molar-refractivity contribution in [1.82, 2.24) is 5.32 Å². The molecule has 1 N–H and O–H groups in total. The van der Waals surface area contributed by atoms with E-state index in [4.69, 9.17) is 0 Å². The third-order valence-corrected chi connectivity index (χ3v) is 2.09. The van der Waals surface area contributed by atoms with Crippen LogP contribution in [0.15, 0.2) is 34.6 Å². The molecule has 0 unspecified atom stereocenters. The van der Waals surface area contributed by atoms with Crippen LogP contribution in [-0.4, -0.2) is 5.91 Å². The lowest BCUT2D eigenvalue weighted by molar-refractivity contribution is -0.127. The van der Waals surface area contributed by atoms with Gasteiger partial charge >= 0.3 is 0 Å². The van der Waals surface area contributed by atoms with Gasteiger partial charge in [-0.25, -0.2) is 0 Å². The standard InChI is InChI=1S/C11H16INO.C2H6/c1-6-7-9(8(2)12)13-10(14)11(3,4)5;1-2/h6-7H,1-2H2,3-5H3,(H,13,14);1-2H3/b9-7+;. The van der Waals surface area contributed by atoms with E-state index in [1.54, 1.807) is 12.2 Å². The van der Waals surface area contributed by atoms with Crippen LogP contribution in [0.4, 0.5) is 0 Å². The van der Waals surface area contributed by atoms with E-state index in [1.165, 1.54) is 0 Å². The Balaban J connectivity index is 0. The molecule has 0 spiro atoms. The highest BCUT2D eigenvalue weighted by molar-refractivity contribution is 14.1. The first kappa shape index (κ1) is 17.8. The number of carbonyl (C=O) groups is 1. The normalized spacial score (nSPS) is 11.0. The maximum Gasteiger partial charge on any atom is 0.229 e. The second-order valence-electron chi connectivity index (χ2n) is 3.93. The van der Waals surface area contributed by atoms with Crippen molar-refractivity contribution in [3.63, 3.8) is 0 Å². The minimum absolute atomic E-state index is 0.0246. The number of hydrogen-bond acceptors (Lipinski definition) is 1. The molecular weight excluding hydrogens is 313 g/mol. The van der Waals surface area contributed by atoms with Crippen molar-refractivity contribution in [1.29, 1.82) is 0 Å². The predicted molar refractivity (Wildman–Crippen MR) is 80.4 cm³/mol. The summed E-state index contributed by atoms with van der Waals surface area (Å²) >= 11 is 2.06. The third-order valence-electron chi connectivity index (χ3n) is 1.51. The van der Waals surface area contributed by atoms with Gasteiger partial charge in [0.15, 0.2) is 0 Å². The maximum atomic E-state index is 11.6. The highest BCUT2D eigenvalue weighted by Gasteiger charge is 2.21. The van der Waals surface area contributed by atoms with Crippen molar-refractivity contribution in [3.8, 4) is 0 Å². The topological polar surface area (TPSA) is 29.1 Å². The molecule has 0 saturated heterocycles. The Kier molecular flexibility index (Phi) is 9.52. The Bertz CT molecular complexity index is 285. The van der Waals surface area contributed by atoms with Gasteiger partial charge in [0.05, 0.1) is 5.70 Å². The van der Waals surface area contributed by atoms with Crippen LogP contribution in [0.25, 0.3) is 0 Å². The third kappa shape index (κ3) is 7.68. The minimum Gasteiger partial charge on any atom is -0.325 e. The van der Waals surface area contributed by atoms with E-state index in [0.29, 0.717) is 5.70 Å². The van der Waals surface area contributed by atoms with E-state index >= 15 is 0 Å². The summed E-state index contributed by atoms with van der Waals surface area (Å²) in [7, 11) is 0. The molecule has 3 heteroatoms. The summed E-state index contributed by atoms with van der Waals surface area (Å²) in [4.78, 5) is 11.6. The molecule has 0 aliphatic heterocycles. The fourth-order valence-corrected chi connectivity index (χ4v) is 0.942. The van der Waals surface area contributed by atoms with Gasteiger partial charge in [0, 0.05) is 8.99 Å². The second kappa shape index (κ2) is 8.56. The molecule has 2 nitrogen and oxygen atoms in total. The van der Waals surface area contributed by atoms with Crippen LogP contribution >= 0.6 is 22.6 Å². The first-order valence-corrected chi connectivity index (χ1v) is 6.36. The zero-order valence-corrected chi connectivity index (χ0v) is 13.0. The monoisotopic (exact) mass is 335 g/mol. The molecule has 92 valence electrons. The Labute approximate surface area is 113 Å². The number of rotatable bonds is 3. The fourth-order valence-electron chi connectivity index (χ4n) is 0.628. The maximum absolute atomic E-state index is 11.6. The van der Waals surface area contributed by atoms with Crippen molar-refractivity contribution in [2.24, 2.45) is 5.41 Å². The predicted octanol–water partition coefficient (Wildman–Crippen LogP) is 4.19.